The molecule has 4 heteroatoms. The van der Waals surface area contributed by atoms with Gasteiger partial charge in [0.1, 0.15) is 0 Å². The highest BCUT2D eigenvalue weighted by molar-refractivity contribution is 5.79. The Balaban J connectivity index is 1.43. The number of aryl methyl sites for hydroxylation is 3. The average molecular weight is 376 g/mol. The van der Waals surface area contributed by atoms with Gasteiger partial charge in [0.2, 0.25) is 0 Å². The molecule has 3 aromatic rings. The lowest BCUT2D eigenvalue weighted by molar-refractivity contribution is 0.250. The molecular formula is C24H29N3O. The molecule has 0 unspecified atom stereocenters. The normalized spacial score (nSPS) is 15.3. The Bertz CT molecular complexity index is 1050. The quantitative estimate of drug-likeness (QED) is 0.748. The molecule has 1 N–H and O–H groups in total. The molecule has 4 nitrogen and oxygen atoms in total. The van der Waals surface area contributed by atoms with Crippen LogP contribution in [0.5, 0.6) is 0 Å². The third kappa shape index (κ3) is 3.83. The lowest BCUT2D eigenvalue weighted by Crippen LogP contribution is -2.46. The van der Waals surface area contributed by atoms with Gasteiger partial charge >= 0.3 is 0 Å². The van der Waals surface area contributed by atoms with Gasteiger partial charge in [0.15, 0.2) is 0 Å². The van der Waals surface area contributed by atoms with Gasteiger partial charge < -0.3 is 9.88 Å². The summed E-state index contributed by atoms with van der Waals surface area (Å²) in [5.41, 5.74) is 7.12. The van der Waals surface area contributed by atoms with E-state index < -0.39 is 0 Å². The van der Waals surface area contributed by atoms with Gasteiger partial charge in [0, 0.05) is 49.5 Å². The van der Waals surface area contributed by atoms with Crippen LogP contribution in [0.15, 0.2) is 47.3 Å². The van der Waals surface area contributed by atoms with Gasteiger partial charge in [0.05, 0.1) is 0 Å². The second-order valence-corrected chi connectivity index (χ2v) is 7.93. The lowest BCUT2D eigenvalue weighted by atomic mass is 10.1. The molecule has 0 atom stereocenters. The van der Waals surface area contributed by atoms with Crippen LogP contribution in [0, 0.1) is 13.8 Å². The number of aromatic amines is 1. The summed E-state index contributed by atoms with van der Waals surface area (Å²) >= 11 is 0. The van der Waals surface area contributed by atoms with Crippen LogP contribution in [0.25, 0.3) is 10.9 Å². The fourth-order valence-electron chi connectivity index (χ4n) is 4.00. The molecule has 2 aromatic carbocycles. The predicted molar refractivity (Wildman–Crippen MR) is 117 cm³/mol. The zero-order valence-corrected chi connectivity index (χ0v) is 17.1. The van der Waals surface area contributed by atoms with Crippen LogP contribution in [0.4, 0.5) is 5.69 Å². The minimum atomic E-state index is 0.0363. The third-order valence-electron chi connectivity index (χ3n) is 6.00. The van der Waals surface area contributed by atoms with Gasteiger partial charge in [-0.25, -0.2) is 0 Å². The number of hydrogen-bond donors (Lipinski definition) is 1. The molecule has 0 amide bonds. The van der Waals surface area contributed by atoms with Gasteiger partial charge in [-0.15, -0.1) is 0 Å². The van der Waals surface area contributed by atoms with Crippen molar-refractivity contribution >= 4 is 16.6 Å². The van der Waals surface area contributed by atoms with E-state index in [1.54, 1.807) is 0 Å². The molecule has 2 heterocycles. The van der Waals surface area contributed by atoms with Crippen molar-refractivity contribution in [3.8, 4) is 0 Å². The molecular weight excluding hydrogens is 346 g/mol. The average Bonchev–Trinajstić information content (AvgIpc) is 2.70. The van der Waals surface area contributed by atoms with Crippen molar-refractivity contribution in [2.75, 3.05) is 31.1 Å². The Morgan fingerprint density at radius 1 is 0.929 bits per heavy atom. The summed E-state index contributed by atoms with van der Waals surface area (Å²) in [6, 6.07) is 15.2. The van der Waals surface area contributed by atoms with E-state index in [-0.39, 0.29) is 5.56 Å². The molecule has 146 valence electrons. The van der Waals surface area contributed by atoms with Crippen LogP contribution in [0.3, 0.4) is 0 Å². The van der Waals surface area contributed by atoms with Crippen molar-refractivity contribution in [2.24, 2.45) is 0 Å². The number of rotatable bonds is 4. The third-order valence-corrected chi connectivity index (χ3v) is 6.00. The second kappa shape index (κ2) is 7.80. The van der Waals surface area contributed by atoms with Crippen molar-refractivity contribution < 1.29 is 0 Å². The van der Waals surface area contributed by atoms with Crippen molar-refractivity contribution in [1.82, 2.24) is 9.88 Å². The highest BCUT2D eigenvalue weighted by atomic mass is 16.1. The fourth-order valence-corrected chi connectivity index (χ4v) is 4.00. The Labute approximate surface area is 166 Å². The Morgan fingerprint density at radius 2 is 1.71 bits per heavy atom. The van der Waals surface area contributed by atoms with Crippen LogP contribution in [0.1, 0.15) is 29.2 Å². The Hall–Kier alpha value is -2.59. The van der Waals surface area contributed by atoms with E-state index in [0.717, 1.165) is 55.6 Å². The standard InChI is InChI=1S/C24H29N3O/c1-4-20-15-21-7-6-19(14-23(21)25-24(20)28)16-26-9-11-27(12-10-26)22-8-5-17(2)18(3)13-22/h5-8,13-15H,4,9-12,16H2,1-3H3,(H,25,28). The zero-order valence-electron chi connectivity index (χ0n) is 17.1. The van der Waals surface area contributed by atoms with Crippen molar-refractivity contribution in [3.05, 3.63) is 75.1 Å². The first kappa shape index (κ1) is 18.8. The Morgan fingerprint density at radius 3 is 2.43 bits per heavy atom. The predicted octanol–water partition coefficient (Wildman–Crippen LogP) is 4.03. The number of hydrogen-bond acceptors (Lipinski definition) is 3. The minimum Gasteiger partial charge on any atom is -0.369 e. The van der Waals surface area contributed by atoms with Crippen LogP contribution >= 0.6 is 0 Å². The highest BCUT2D eigenvalue weighted by Gasteiger charge is 2.18. The molecule has 1 fully saturated rings. The van der Waals surface area contributed by atoms with E-state index in [1.165, 1.54) is 22.4 Å². The van der Waals surface area contributed by atoms with Crippen LogP contribution in [-0.4, -0.2) is 36.1 Å². The van der Waals surface area contributed by atoms with Crippen molar-refractivity contribution in [3.63, 3.8) is 0 Å². The highest BCUT2D eigenvalue weighted by Crippen LogP contribution is 2.21. The van der Waals surface area contributed by atoms with Gasteiger partial charge in [0.25, 0.3) is 5.56 Å². The Kier molecular flexibility index (Phi) is 5.23. The summed E-state index contributed by atoms with van der Waals surface area (Å²) in [4.78, 5) is 20.1. The molecule has 0 saturated carbocycles. The molecule has 1 aliphatic heterocycles. The molecule has 28 heavy (non-hydrogen) atoms. The van der Waals surface area contributed by atoms with E-state index in [9.17, 15) is 4.79 Å². The van der Waals surface area contributed by atoms with E-state index in [1.807, 2.05) is 13.0 Å². The smallest absolute Gasteiger partial charge is 0.251 e. The van der Waals surface area contributed by atoms with Crippen molar-refractivity contribution in [2.45, 2.75) is 33.7 Å². The molecule has 0 aliphatic carbocycles. The number of fused-ring (bicyclic) bond motifs is 1. The summed E-state index contributed by atoms with van der Waals surface area (Å²) in [5, 5.41) is 1.11. The monoisotopic (exact) mass is 375 g/mol. The maximum Gasteiger partial charge on any atom is 0.251 e. The first-order valence-corrected chi connectivity index (χ1v) is 10.2. The van der Waals surface area contributed by atoms with E-state index in [2.05, 4.69) is 65.0 Å². The summed E-state index contributed by atoms with van der Waals surface area (Å²) in [7, 11) is 0. The minimum absolute atomic E-state index is 0.0363. The number of nitrogens with one attached hydrogen (secondary N) is 1. The topological polar surface area (TPSA) is 39.3 Å². The second-order valence-electron chi connectivity index (χ2n) is 7.93. The summed E-state index contributed by atoms with van der Waals surface area (Å²) < 4.78 is 0. The summed E-state index contributed by atoms with van der Waals surface area (Å²) in [6.07, 6.45) is 0.762. The summed E-state index contributed by atoms with van der Waals surface area (Å²) in [5.74, 6) is 0. The fraction of sp³-hybridized carbons (Fsp3) is 0.375. The number of piperazine rings is 1. The summed E-state index contributed by atoms with van der Waals surface area (Å²) in [6.45, 7) is 11.5. The van der Waals surface area contributed by atoms with E-state index in [4.69, 9.17) is 0 Å². The molecule has 4 rings (SSSR count). The lowest BCUT2D eigenvalue weighted by Gasteiger charge is -2.36. The van der Waals surface area contributed by atoms with E-state index in [0.29, 0.717) is 0 Å². The maximum absolute atomic E-state index is 12.1. The van der Waals surface area contributed by atoms with Crippen LogP contribution < -0.4 is 10.5 Å². The van der Waals surface area contributed by atoms with Gasteiger partial charge in [-0.2, -0.15) is 0 Å². The maximum atomic E-state index is 12.1. The zero-order chi connectivity index (χ0) is 19.7. The number of aromatic nitrogens is 1. The van der Waals surface area contributed by atoms with Gasteiger partial charge in [-0.1, -0.05) is 25.1 Å². The molecule has 1 aliphatic rings. The van der Waals surface area contributed by atoms with Crippen LogP contribution in [0.2, 0.25) is 0 Å². The van der Waals surface area contributed by atoms with E-state index >= 15 is 0 Å². The number of nitrogens with zero attached hydrogens (tertiary/aromatic N) is 2. The molecule has 0 radical (unpaired) electrons. The number of anilines is 1. The molecule has 0 bridgehead atoms. The molecule has 0 spiro atoms. The molecule has 1 saturated heterocycles. The largest absolute Gasteiger partial charge is 0.369 e. The number of H-pyrrole nitrogens is 1. The van der Waals surface area contributed by atoms with Gasteiger partial charge in [-0.05, 0) is 66.6 Å². The van der Waals surface area contributed by atoms with Crippen LogP contribution in [-0.2, 0) is 13.0 Å². The SMILES string of the molecule is CCc1cc2ccc(CN3CCN(c4ccc(C)c(C)c4)CC3)cc2[nH]c1=O. The van der Waals surface area contributed by atoms with Crippen molar-refractivity contribution in [1.29, 1.82) is 0 Å². The van der Waals surface area contributed by atoms with Gasteiger partial charge in [-0.3, -0.25) is 9.69 Å². The first-order chi connectivity index (χ1) is 13.5. The molecule has 1 aromatic heterocycles. The number of pyridine rings is 1. The first-order valence-electron chi connectivity index (χ1n) is 10.2. The number of benzene rings is 2.